The minimum atomic E-state index is -0.452. The van der Waals surface area contributed by atoms with E-state index in [0.717, 1.165) is 6.42 Å². The van der Waals surface area contributed by atoms with E-state index in [1.165, 1.54) is 0 Å². The molecule has 0 saturated heterocycles. The SMILES string of the molecule is O=C(C1=CCC(O)C=C1)C1CC=C(O)CC1. The lowest BCUT2D eigenvalue weighted by atomic mass is 9.85. The van der Waals surface area contributed by atoms with E-state index < -0.39 is 6.10 Å². The number of carbonyl (C=O) groups is 1. The third-order valence-corrected chi connectivity index (χ3v) is 3.12. The molecule has 0 fully saturated rings. The molecule has 86 valence electrons. The summed E-state index contributed by atoms with van der Waals surface area (Å²) >= 11 is 0. The molecule has 0 amide bonds. The van der Waals surface area contributed by atoms with Crippen LogP contribution in [0.3, 0.4) is 0 Å². The summed E-state index contributed by atoms with van der Waals surface area (Å²) in [6.45, 7) is 0. The Bertz CT molecular complexity index is 377. The maximum Gasteiger partial charge on any atom is 0.165 e. The zero-order chi connectivity index (χ0) is 11.5. The number of aliphatic hydroxyl groups excluding tert-OH is 2. The lowest BCUT2D eigenvalue weighted by molar-refractivity contribution is -0.119. The molecule has 2 N–H and O–H groups in total. The second-order valence-electron chi connectivity index (χ2n) is 4.35. The summed E-state index contributed by atoms with van der Waals surface area (Å²) in [6, 6.07) is 0. The molecule has 0 bridgehead atoms. The average molecular weight is 220 g/mol. The Morgan fingerprint density at radius 1 is 1.31 bits per heavy atom. The van der Waals surface area contributed by atoms with Gasteiger partial charge in [0.2, 0.25) is 0 Å². The number of allylic oxidation sites excluding steroid dienone is 4. The van der Waals surface area contributed by atoms with Crippen LogP contribution in [0.25, 0.3) is 0 Å². The van der Waals surface area contributed by atoms with Gasteiger partial charge in [-0.25, -0.2) is 0 Å². The third kappa shape index (κ3) is 2.42. The van der Waals surface area contributed by atoms with Crippen LogP contribution in [0.15, 0.2) is 35.6 Å². The van der Waals surface area contributed by atoms with Gasteiger partial charge < -0.3 is 10.2 Å². The predicted octanol–water partition coefficient (Wildman–Crippen LogP) is 2.04. The van der Waals surface area contributed by atoms with Crippen molar-refractivity contribution in [3.05, 3.63) is 35.6 Å². The average Bonchev–Trinajstić information content (AvgIpc) is 2.30. The fourth-order valence-electron chi connectivity index (χ4n) is 2.09. The minimum absolute atomic E-state index is 0.0120. The summed E-state index contributed by atoms with van der Waals surface area (Å²) in [5.41, 5.74) is 0.699. The van der Waals surface area contributed by atoms with Crippen LogP contribution >= 0.6 is 0 Å². The van der Waals surface area contributed by atoms with Gasteiger partial charge in [0.15, 0.2) is 5.78 Å². The molecular formula is C13H16O3. The van der Waals surface area contributed by atoms with E-state index >= 15 is 0 Å². The maximum atomic E-state index is 12.1. The van der Waals surface area contributed by atoms with Crippen molar-refractivity contribution in [1.29, 1.82) is 0 Å². The lowest BCUT2D eigenvalue weighted by Gasteiger charge is -2.20. The topological polar surface area (TPSA) is 57.5 Å². The van der Waals surface area contributed by atoms with Gasteiger partial charge in [-0.1, -0.05) is 18.2 Å². The Morgan fingerprint density at radius 2 is 2.12 bits per heavy atom. The summed E-state index contributed by atoms with van der Waals surface area (Å²) in [7, 11) is 0. The van der Waals surface area contributed by atoms with Gasteiger partial charge in [-0.05, 0) is 25.3 Å². The van der Waals surface area contributed by atoms with E-state index in [1.807, 2.05) is 0 Å². The monoisotopic (exact) mass is 220 g/mol. The molecule has 0 heterocycles. The highest BCUT2D eigenvalue weighted by Gasteiger charge is 2.24. The van der Waals surface area contributed by atoms with Gasteiger partial charge in [-0.15, -0.1) is 0 Å². The molecule has 2 aliphatic rings. The molecule has 0 radical (unpaired) electrons. The highest BCUT2D eigenvalue weighted by atomic mass is 16.3. The molecule has 2 unspecified atom stereocenters. The predicted molar refractivity (Wildman–Crippen MR) is 60.9 cm³/mol. The van der Waals surface area contributed by atoms with Crippen LogP contribution in [0.5, 0.6) is 0 Å². The van der Waals surface area contributed by atoms with Crippen molar-refractivity contribution in [3.8, 4) is 0 Å². The normalized spacial score (nSPS) is 29.6. The van der Waals surface area contributed by atoms with Crippen LogP contribution < -0.4 is 0 Å². The standard InChI is InChI=1S/C13H16O3/c14-11-5-1-9(2-6-11)13(16)10-3-7-12(15)8-4-10/h1-2,5,7,10-11,14-15H,3-4,6,8H2. The van der Waals surface area contributed by atoms with Crippen LogP contribution in [-0.4, -0.2) is 22.1 Å². The Labute approximate surface area is 94.8 Å². The highest BCUT2D eigenvalue weighted by Crippen LogP contribution is 2.26. The fourth-order valence-corrected chi connectivity index (χ4v) is 2.09. The molecule has 3 nitrogen and oxygen atoms in total. The van der Waals surface area contributed by atoms with Crippen LogP contribution in [0, 0.1) is 5.92 Å². The van der Waals surface area contributed by atoms with Crippen molar-refractivity contribution in [1.82, 2.24) is 0 Å². The van der Waals surface area contributed by atoms with E-state index in [2.05, 4.69) is 0 Å². The van der Waals surface area contributed by atoms with Gasteiger partial charge in [-0.2, -0.15) is 0 Å². The second-order valence-corrected chi connectivity index (χ2v) is 4.35. The largest absolute Gasteiger partial charge is 0.513 e. The molecule has 0 aliphatic heterocycles. The first kappa shape index (κ1) is 11.1. The van der Waals surface area contributed by atoms with Gasteiger partial charge >= 0.3 is 0 Å². The first-order valence-corrected chi connectivity index (χ1v) is 5.65. The van der Waals surface area contributed by atoms with Crippen LogP contribution in [0.2, 0.25) is 0 Å². The summed E-state index contributed by atoms with van der Waals surface area (Å²) in [5, 5.41) is 18.5. The van der Waals surface area contributed by atoms with E-state index in [4.69, 9.17) is 0 Å². The molecule has 16 heavy (non-hydrogen) atoms. The molecule has 3 heteroatoms. The molecule has 0 spiro atoms. The number of hydrogen-bond donors (Lipinski definition) is 2. The van der Waals surface area contributed by atoms with Crippen molar-refractivity contribution in [2.45, 2.75) is 31.8 Å². The van der Waals surface area contributed by atoms with E-state index in [9.17, 15) is 15.0 Å². The number of hydrogen-bond acceptors (Lipinski definition) is 3. The molecule has 2 rings (SSSR count). The Balaban J connectivity index is 2.01. The third-order valence-electron chi connectivity index (χ3n) is 3.12. The van der Waals surface area contributed by atoms with Crippen LogP contribution in [-0.2, 0) is 4.79 Å². The molecule has 0 saturated carbocycles. The van der Waals surface area contributed by atoms with Gasteiger partial charge in [0.1, 0.15) is 0 Å². The number of ketones is 1. The number of Topliss-reactive ketones (excluding diaryl/α,β-unsaturated/α-hetero) is 1. The van der Waals surface area contributed by atoms with Crippen LogP contribution in [0.1, 0.15) is 25.7 Å². The molecule has 2 aliphatic carbocycles. The van der Waals surface area contributed by atoms with E-state index in [1.54, 1.807) is 24.3 Å². The van der Waals surface area contributed by atoms with Crippen molar-refractivity contribution in [2.24, 2.45) is 5.92 Å². The zero-order valence-corrected chi connectivity index (χ0v) is 9.10. The summed E-state index contributed by atoms with van der Waals surface area (Å²) in [5.74, 6) is 0.515. The van der Waals surface area contributed by atoms with Gasteiger partial charge in [0.25, 0.3) is 0 Å². The minimum Gasteiger partial charge on any atom is -0.513 e. The number of carbonyl (C=O) groups excluding carboxylic acids is 1. The summed E-state index contributed by atoms with van der Waals surface area (Å²) in [6.07, 6.45) is 8.89. The van der Waals surface area contributed by atoms with E-state index in [0.29, 0.717) is 30.6 Å². The highest BCUT2D eigenvalue weighted by molar-refractivity contribution is 6.00. The Hall–Kier alpha value is -1.35. The van der Waals surface area contributed by atoms with Crippen molar-refractivity contribution < 1.29 is 15.0 Å². The second kappa shape index (κ2) is 4.66. The quantitative estimate of drug-likeness (QED) is 0.748. The lowest BCUT2D eigenvalue weighted by Crippen LogP contribution is -2.20. The van der Waals surface area contributed by atoms with Gasteiger partial charge in [-0.3, -0.25) is 4.79 Å². The van der Waals surface area contributed by atoms with Gasteiger partial charge in [0, 0.05) is 17.9 Å². The fraction of sp³-hybridized carbons (Fsp3) is 0.462. The number of rotatable bonds is 2. The first-order valence-electron chi connectivity index (χ1n) is 5.65. The molecule has 0 aromatic carbocycles. The number of aliphatic hydroxyl groups is 2. The van der Waals surface area contributed by atoms with E-state index in [-0.39, 0.29) is 11.7 Å². The molecule has 2 atom stereocenters. The molecule has 0 aromatic heterocycles. The van der Waals surface area contributed by atoms with Crippen molar-refractivity contribution in [3.63, 3.8) is 0 Å². The Morgan fingerprint density at radius 3 is 2.69 bits per heavy atom. The zero-order valence-electron chi connectivity index (χ0n) is 9.10. The first-order chi connectivity index (χ1) is 7.66. The van der Waals surface area contributed by atoms with Crippen molar-refractivity contribution in [2.75, 3.05) is 0 Å². The maximum absolute atomic E-state index is 12.1. The van der Waals surface area contributed by atoms with Gasteiger partial charge in [0.05, 0.1) is 11.9 Å². The Kier molecular flexibility index (Phi) is 3.25. The van der Waals surface area contributed by atoms with Crippen molar-refractivity contribution >= 4 is 5.78 Å². The van der Waals surface area contributed by atoms with Crippen LogP contribution in [0.4, 0.5) is 0 Å². The summed E-state index contributed by atoms with van der Waals surface area (Å²) in [4.78, 5) is 12.1. The smallest absolute Gasteiger partial charge is 0.165 e. The molecular weight excluding hydrogens is 204 g/mol. The summed E-state index contributed by atoms with van der Waals surface area (Å²) < 4.78 is 0. The molecule has 0 aromatic rings.